The van der Waals surface area contributed by atoms with Crippen LogP contribution in [-0.4, -0.2) is 38.9 Å². The van der Waals surface area contributed by atoms with Crippen LogP contribution < -0.4 is 4.31 Å². The molecule has 0 N–H and O–H groups in total. The van der Waals surface area contributed by atoms with Crippen molar-refractivity contribution in [1.29, 1.82) is 0 Å². The maximum Gasteiger partial charge on any atom is 0.274 e. The van der Waals surface area contributed by atoms with Crippen LogP contribution in [0.25, 0.3) is 0 Å². The first-order chi connectivity index (χ1) is 15.4. The van der Waals surface area contributed by atoms with Crippen LogP contribution in [0.5, 0.6) is 0 Å². The Labute approximate surface area is 192 Å². The first kappa shape index (κ1) is 22.5. The minimum absolute atomic E-state index is 0.0788. The van der Waals surface area contributed by atoms with E-state index in [0.29, 0.717) is 19.0 Å². The SMILES string of the molecule is O=C(CN(c1ccccc1F)S(=O)(=O)c1cccs1)N1CCC(Cc2ccccc2)CC1. The summed E-state index contributed by atoms with van der Waals surface area (Å²) >= 11 is 1.05. The van der Waals surface area contributed by atoms with E-state index in [2.05, 4.69) is 12.1 Å². The smallest absolute Gasteiger partial charge is 0.274 e. The van der Waals surface area contributed by atoms with E-state index in [0.717, 1.165) is 34.9 Å². The largest absolute Gasteiger partial charge is 0.341 e. The first-order valence-electron chi connectivity index (χ1n) is 10.6. The normalized spacial score (nSPS) is 15.0. The minimum Gasteiger partial charge on any atom is -0.341 e. The Morgan fingerprint density at radius 1 is 1.00 bits per heavy atom. The molecule has 0 radical (unpaired) electrons. The summed E-state index contributed by atoms with van der Waals surface area (Å²) in [5, 5.41) is 1.64. The summed E-state index contributed by atoms with van der Waals surface area (Å²) in [5.74, 6) is -0.507. The van der Waals surface area contributed by atoms with Crippen LogP contribution in [0.4, 0.5) is 10.1 Å². The van der Waals surface area contributed by atoms with Gasteiger partial charge in [0.05, 0.1) is 5.69 Å². The van der Waals surface area contributed by atoms with Crippen molar-refractivity contribution in [2.75, 3.05) is 23.9 Å². The van der Waals surface area contributed by atoms with E-state index >= 15 is 0 Å². The maximum atomic E-state index is 14.5. The predicted octanol–water partition coefficient (Wildman–Crippen LogP) is 4.56. The molecule has 5 nitrogen and oxygen atoms in total. The molecule has 8 heteroatoms. The van der Waals surface area contributed by atoms with E-state index in [-0.39, 0.29) is 15.8 Å². The number of thiophene rings is 1. The number of para-hydroxylation sites is 1. The number of anilines is 1. The van der Waals surface area contributed by atoms with Crippen molar-refractivity contribution < 1.29 is 17.6 Å². The van der Waals surface area contributed by atoms with Crippen molar-refractivity contribution in [2.24, 2.45) is 5.92 Å². The van der Waals surface area contributed by atoms with Gasteiger partial charge < -0.3 is 4.90 Å². The van der Waals surface area contributed by atoms with Gasteiger partial charge in [0.15, 0.2) is 0 Å². The summed E-state index contributed by atoms with van der Waals surface area (Å²) in [6.45, 7) is 0.714. The molecule has 0 bridgehead atoms. The number of piperidine rings is 1. The quantitative estimate of drug-likeness (QED) is 0.506. The Morgan fingerprint density at radius 2 is 1.69 bits per heavy atom. The zero-order chi connectivity index (χ0) is 22.6. The van der Waals surface area contributed by atoms with Crippen molar-refractivity contribution in [3.8, 4) is 0 Å². The molecule has 1 amide bonds. The van der Waals surface area contributed by atoms with Gasteiger partial charge in [-0.3, -0.25) is 9.10 Å². The fraction of sp³-hybridized carbons (Fsp3) is 0.292. The number of hydrogen-bond donors (Lipinski definition) is 0. The third kappa shape index (κ3) is 5.02. The third-order valence-electron chi connectivity index (χ3n) is 5.77. The minimum atomic E-state index is -4.05. The fourth-order valence-electron chi connectivity index (χ4n) is 4.03. The van der Waals surface area contributed by atoms with Crippen molar-refractivity contribution in [3.63, 3.8) is 0 Å². The molecule has 1 fully saturated rings. The molecular formula is C24H25FN2O3S2. The Morgan fingerprint density at radius 3 is 2.34 bits per heavy atom. The molecule has 4 rings (SSSR count). The topological polar surface area (TPSA) is 57.7 Å². The number of likely N-dealkylation sites (tertiary alicyclic amines) is 1. The molecule has 2 heterocycles. The highest BCUT2D eigenvalue weighted by molar-refractivity contribution is 7.94. The summed E-state index contributed by atoms with van der Waals surface area (Å²) < 4.78 is 41.9. The van der Waals surface area contributed by atoms with Crippen LogP contribution in [0.1, 0.15) is 18.4 Å². The van der Waals surface area contributed by atoms with Crippen molar-refractivity contribution in [2.45, 2.75) is 23.5 Å². The van der Waals surface area contributed by atoms with E-state index in [9.17, 15) is 17.6 Å². The highest BCUT2D eigenvalue weighted by Gasteiger charge is 2.32. The molecule has 0 atom stereocenters. The molecule has 2 aromatic carbocycles. The average Bonchev–Trinajstić information content (AvgIpc) is 3.35. The van der Waals surface area contributed by atoms with E-state index in [4.69, 9.17) is 0 Å². The molecule has 1 aliphatic rings. The molecule has 1 aliphatic heterocycles. The van der Waals surface area contributed by atoms with E-state index in [1.807, 2.05) is 18.2 Å². The van der Waals surface area contributed by atoms with E-state index in [1.165, 1.54) is 29.8 Å². The summed E-state index contributed by atoms with van der Waals surface area (Å²) in [6.07, 6.45) is 2.69. The fourth-order valence-corrected chi connectivity index (χ4v) is 6.56. The average molecular weight is 473 g/mol. The monoisotopic (exact) mass is 472 g/mol. The number of rotatable bonds is 7. The second-order valence-electron chi connectivity index (χ2n) is 7.91. The summed E-state index contributed by atoms with van der Waals surface area (Å²) in [6, 6.07) is 19.0. The van der Waals surface area contributed by atoms with Gasteiger partial charge in [-0.25, -0.2) is 12.8 Å². The van der Waals surface area contributed by atoms with Gasteiger partial charge in [-0.1, -0.05) is 48.5 Å². The molecule has 3 aromatic rings. The molecular weight excluding hydrogens is 447 g/mol. The molecule has 0 aliphatic carbocycles. The van der Waals surface area contributed by atoms with Crippen molar-refractivity contribution >= 4 is 33.0 Å². The molecule has 0 unspecified atom stereocenters. The van der Waals surface area contributed by atoms with Gasteiger partial charge in [0, 0.05) is 13.1 Å². The Kier molecular flexibility index (Phi) is 6.91. The van der Waals surface area contributed by atoms with Gasteiger partial charge in [0.1, 0.15) is 16.6 Å². The lowest BCUT2D eigenvalue weighted by Crippen LogP contribution is -2.46. The second kappa shape index (κ2) is 9.83. The number of carbonyl (C=O) groups is 1. The molecule has 168 valence electrons. The highest BCUT2D eigenvalue weighted by atomic mass is 32.2. The zero-order valence-electron chi connectivity index (χ0n) is 17.6. The Bertz CT molecular complexity index is 1140. The third-order valence-corrected chi connectivity index (χ3v) is 8.91. The molecule has 32 heavy (non-hydrogen) atoms. The molecule has 1 aromatic heterocycles. The number of nitrogens with zero attached hydrogens (tertiary/aromatic N) is 2. The maximum absolute atomic E-state index is 14.5. The highest BCUT2D eigenvalue weighted by Crippen LogP contribution is 2.29. The first-order valence-corrected chi connectivity index (χ1v) is 12.9. The summed E-state index contributed by atoms with van der Waals surface area (Å²) in [7, 11) is -4.05. The molecule has 0 spiro atoms. The lowest BCUT2D eigenvalue weighted by atomic mass is 9.90. The van der Waals surface area contributed by atoms with E-state index in [1.54, 1.807) is 22.4 Å². The van der Waals surface area contributed by atoms with Crippen LogP contribution in [0.3, 0.4) is 0 Å². The van der Waals surface area contributed by atoms with Gasteiger partial charge in [-0.15, -0.1) is 11.3 Å². The number of halogens is 1. The van der Waals surface area contributed by atoms with Crippen molar-refractivity contribution in [3.05, 3.63) is 83.5 Å². The lowest BCUT2D eigenvalue weighted by molar-refractivity contribution is -0.130. The van der Waals surface area contributed by atoms with Gasteiger partial charge in [0.2, 0.25) is 5.91 Å². The molecule has 0 saturated carbocycles. The zero-order valence-corrected chi connectivity index (χ0v) is 19.2. The summed E-state index contributed by atoms with van der Waals surface area (Å²) in [4.78, 5) is 14.8. The van der Waals surface area contributed by atoms with Gasteiger partial charge in [-0.2, -0.15) is 0 Å². The lowest BCUT2D eigenvalue weighted by Gasteiger charge is -2.34. The van der Waals surface area contributed by atoms with E-state index < -0.39 is 22.4 Å². The predicted molar refractivity (Wildman–Crippen MR) is 125 cm³/mol. The number of sulfonamides is 1. The molecule has 1 saturated heterocycles. The van der Waals surface area contributed by atoms with Crippen LogP contribution in [0.15, 0.2) is 76.3 Å². The van der Waals surface area contributed by atoms with Crippen molar-refractivity contribution in [1.82, 2.24) is 4.90 Å². The number of hydrogen-bond acceptors (Lipinski definition) is 4. The number of carbonyl (C=O) groups excluding carboxylic acids is 1. The Hall–Kier alpha value is -2.71. The van der Waals surface area contributed by atoms with Crippen LogP contribution in [-0.2, 0) is 21.2 Å². The van der Waals surface area contributed by atoms with Gasteiger partial charge in [0.25, 0.3) is 10.0 Å². The van der Waals surface area contributed by atoms with Gasteiger partial charge >= 0.3 is 0 Å². The van der Waals surface area contributed by atoms with Gasteiger partial charge in [-0.05, 0) is 54.3 Å². The summed E-state index contributed by atoms with van der Waals surface area (Å²) in [5.41, 5.74) is 1.17. The van der Waals surface area contributed by atoms with Crippen LogP contribution in [0, 0.1) is 11.7 Å². The van der Waals surface area contributed by atoms with Crippen LogP contribution >= 0.6 is 11.3 Å². The number of amides is 1. The second-order valence-corrected chi connectivity index (χ2v) is 10.9. The Balaban J connectivity index is 1.47. The standard InChI is InChI=1S/C24H25FN2O3S2/c25-21-9-4-5-10-22(21)27(32(29,30)24-11-6-16-31-24)18-23(28)26-14-12-20(13-15-26)17-19-7-2-1-3-8-19/h1-11,16,20H,12-15,17-18H2. The van der Waals surface area contributed by atoms with Crippen LogP contribution in [0.2, 0.25) is 0 Å². The number of benzene rings is 2.